The highest BCUT2D eigenvalue weighted by molar-refractivity contribution is 5.69. The molecule has 0 saturated carbocycles. The molecule has 1 nitrogen and oxygen atoms in total. The van der Waals surface area contributed by atoms with Crippen LogP contribution < -0.4 is 5.32 Å². The van der Waals surface area contributed by atoms with E-state index >= 15 is 0 Å². The zero-order chi connectivity index (χ0) is 11.9. The molecule has 1 aromatic carbocycles. The van der Waals surface area contributed by atoms with E-state index in [-0.39, 0.29) is 0 Å². The molecule has 1 N–H and O–H groups in total. The predicted octanol–water partition coefficient (Wildman–Crippen LogP) is 4.42. The van der Waals surface area contributed by atoms with Crippen molar-refractivity contribution in [2.24, 2.45) is 0 Å². The van der Waals surface area contributed by atoms with Crippen LogP contribution in [-0.4, -0.2) is 0 Å². The molecule has 0 unspecified atom stereocenters. The highest BCUT2D eigenvalue weighted by Crippen LogP contribution is 2.39. The Hall–Kier alpha value is -1.24. The molecule has 1 heterocycles. The van der Waals surface area contributed by atoms with Crippen molar-refractivity contribution in [3.63, 3.8) is 0 Å². The molecular formula is C15H21N. The highest BCUT2D eigenvalue weighted by Gasteiger charge is 2.22. The fourth-order valence-electron chi connectivity index (χ4n) is 2.48. The molecule has 0 atom stereocenters. The Morgan fingerprint density at radius 2 is 1.62 bits per heavy atom. The van der Waals surface area contributed by atoms with Gasteiger partial charge in [-0.1, -0.05) is 46.4 Å². The van der Waals surface area contributed by atoms with Crippen LogP contribution in [0.3, 0.4) is 0 Å². The van der Waals surface area contributed by atoms with Gasteiger partial charge < -0.3 is 5.32 Å². The largest absolute Gasteiger partial charge is 0.359 e. The minimum Gasteiger partial charge on any atom is -0.359 e. The van der Waals surface area contributed by atoms with Crippen molar-refractivity contribution >= 4 is 5.69 Å². The molecule has 86 valence electrons. The number of nitrogens with one attached hydrogen (secondary N) is 1. The zero-order valence-electron chi connectivity index (χ0n) is 10.7. The maximum absolute atomic E-state index is 4.06. The van der Waals surface area contributed by atoms with E-state index in [9.17, 15) is 0 Å². The van der Waals surface area contributed by atoms with Crippen molar-refractivity contribution in [2.75, 3.05) is 5.32 Å². The van der Waals surface area contributed by atoms with Crippen LogP contribution in [0.2, 0.25) is 0 Å². The lowest BCUT2D eigenvalue weighted by molar-refractivity contribution is 0.838. The number of fused-ring (bicyclic) bond motifs is 1. The third-order valence-corrected chi connectivity index (χ3v) is 3.32. The summed E-state index contributed by atoms with van der Waals surface area (Å²) in [6.07, 6.45) is 0.989. The number of anilines is 1. The first-order valence-electron chi connectivity index (χ1n) is 6.11. The second kappa shape index (κ2) is 3.97. The molecule has 16 heavy (non-hydrogen) atoms. The van der Waals surface area contributed by atoms with Crippen LogP contribution in [0.15, 0.2) is 24.4 Å². The van der Waals surface area contributed by atoms with Gasteiger partial charge in [0.1, 0.15) is 0 Å². The zero-order valence-corrected chi connectivity index (χ0v) is 10.7. The lowest BCUT2D eigenvalue weighted by atomic mass is 9.90. The number of rotatable bonds is 2. The Bertz CT molecular complexity index is 388. The Morgan fingerprint density at radius 1 is 1.06 bits per heavy atom. The van der Waals surface area contributed by atoms with Crippen LogP contribution >= 0.6 is 0 Å². The van der Waals surface area contributed by atoms with Crippen molar-refractivity contribution in [2.45, 2.75) is 46.0 Å². The highest BCUT2D eigenvalue weighted by atomic mass is 14.9. The summed E-state index contributed by atoms with van der Waals surface area (Å²) in [4.78, 5) is 0. The molecule has 1 heteroatoms. The Morgan fingerprint density at radius 3 is 2.19 bits per heavy atom. The molecule has 0 saturated heterocycles. The van der Waals surface area contributed by atoms with Crippen LogP contribution in [-0.2, 0) is 6.42 Å². The standard InChI is InChI=1S/C15H21N/c1-9(2)12-6-7-13(10(3)4)15-14(12)8-11(5)16-15/h6-7,9-10,16H,5,8H2,1-4H3. The van der Waals surface area contributed by atoms with E-state index in [4.69, 9.17) is 0 Å². The van der Waals surface area contributed by atoms with Gasteiger partial charge in [-0.2, -0.15) is 0 Å². The summed E-state index contributed by atoms with van der Waals surface area (Å²) in [7, 11) is 0. The van der Waals surface area contributed by atoms with Gasteiger partial charge in [0.25, 0.3) is 0 Å². The normalized spacial score (nSPS) is 14.5. The van der Waals surface area contributed by atoms with Crippen molar-refractivity contribution in [3.8, 4) is 0 Å². The minimum absolute atomic E-state index is 0.563. The van der Waals surface area contributed by atoms with Gasteiger partial charge >= 0.3 is 0 Å². The van der Waals surface area contributed by atoms with Gasteiger partial charge in [0.15, 0.2) is 0 Å². The monoisotopic (exact) mass is 215 g/mol. The van der Waals surface area contributed by atoms with E-state index in [1.165, 1.54) is 22.4 Å². The van der Waals surface area contributed by atoms with Crippen molar-refractivity contribution < 1.29 is 0 Å². The average Bonchev–Trinajstić information content (AvgIpc) is 2.56. The van der Waals surface area contributed by atoms with Gasteiger partial charge in [0.05, 0.1) is 0 Å². The molecule has 0 aromatic heterocycles. The van der Waals surface area contributed by atoms with Crippen LogP contribution in [0, 0.1) is 0 Å². The molecule has 0 fully saturated rings. The Labute approximate surface area is 98.6 Å². The van der Waals surface area contributed by atoms with Gasteiger partial charge in [-0.15, -0.1) is 0 Å². The summed E-state index contributed by atoms with van der Waals surface area (Å²) in [6, 6.07) is 4.56. The first-order chi connectivity index (χ1) is 7.50. The van der Waals surface area contributed by atoms with E-state index in [0.29, 0.717) is 11.8 Å². The molecule has 0 spiro atoms. The number of hydrogen-bond donors (Lipinski definition) is 1. The number of benzene rings is 1. The van der Waals surface area contributed by atoms with Gasteiger partial charge in [0.2, 0.25) is 0 Å². The van der Waals surface area contributed by atoms with E-state index in [1.54, 1.807) is 0 Å². The molecule has 1 aliphatic heterocycles. The Kier molecular flexibility index (Phi) is 2.79. The lowest BCUT2D eigenvalue weighted by Crippen LogP contribution is -1.99. The quantitative estimate of drug-likeness (QED) is 0.770. The second-order valence-electron chi connectivity index (χ2n) is 5.31. The number of allylic oxidation sites excluding steroid dienone is 1. The van der Waals surface area contributed by atoms with Crippen LogP contribution in [0.4, 0.5) is 5.69 Å². The minimum atomic E-state index is 0.563. The fraction of sp³-hybridized carbons (Fsp3) is 0.467. The third-order valence-electron chi connectivity index (χ3n) is 3.32. The first kappa shape index (κ1) is 11.3. The fourth-order valence-corrected chi connectivity index (χ4v) is 2.48. The topological polar surface area (TPSA) is 12.0 Å². The van der Waals surface area contributed by atoms with Gasteiger partial charge in [-0.3, -0.25) is 0 Å². The maximum atomic E-state index is 4.06. The molecule has 0 amide bonds. The van der Waals surface area contributed by atoms with E-state index in [1.807, 2.05) is 0 Å². The smallest absolute Gasteiger partial charge is 0.0456 e. The predicted molar refractivity (Wildman–Crippen MR) is 71.1 cm³/mol. The molecule has 0 aliphatic carbocycles. The average molecular weight is 215 g/mol. The van der Waals surface area contributed by atoms with Crippen molar-refractivity contribution in [1.82, 2.24) is 0 Å². The first-order valence-corrected chi connectivity index (χ1v) is 6.11. The second-order valence-corrected chi connectivity index (χ2v) is 5.31. The molecule has 0 radical (unpaired) electrons. The van der Waals surface area contributed by atoms with E-state index in [2.05, 4.69) is 51.7 Å². The Balaban J connectivity index is 2.58. The molecule has 1 aromatic rings. The van der Waals surface area contributed by atoms with E-state index < -0.39 is 0 Å². The summed E-state index contributed by atoms with van der Waals surface area (Å²) < 4.78 is 0. The van der Waals surface area contributed by atoms with Crippen molar-refractivity contribution in [1.29, 1.82) is 0 Å². The van der Waals surface area contributed by atoms with Crippen LogP contribution in [0.1, 0.15) is 56.2 Å². The van der Waals surface area contributed by atoms with Gasteiger partial charge in [0, 0.05) is 17.8 Å². The SMILES string of the molecule is C=C1Cc2c(C(C)C)ccc(C(C)C)c2N1. The molecule has 0 bridgehead atoms. The molecular weight excluding hydrogens is 194 g/mol. The lowest BCUT2D eigenvalue weighted by Gasteiger charge is -2.16. The third kappa shape index (κ3) is 1.75. The number of hydrogen-bond acceptors (Lipinski definition) is 1. The van der Waals surface area contributed by atoms with Gasteiger partial charge in [-0.05, 0) is 28.5 Å². The van der Waals surface area contributed by atoms with Gasteiger partial charge in [-0.25, -0.2) is 0 Å². The summed E-state index contributed by atoms with van der Waals surface area (Å²) in [6.45, 7) is 13.1. The summed E-state index contributed by atoms with van der Waals surface area (Å²) in [5.41, 5.74) is 6.80. The van der Waals surface area contributed by atoms with E-state index in [0.717, 1.165) is 12.1 Å². The van der Waals surface area contributed by atoms with Crippen LogP contribution in [0.5, 0.6) is 0 Å². The molecule has 1 aliphatic rings. The molecule has 2 rings (SSSR count). The van der Waals surface area contributed by atoms with Crippen molar-refractivity contribution in [3.05, 3.63) is 41.1 Å². The summed E-state index contributed by atoms with van der Waals surface area (Å²) >= 11 is 0. The van der Waals surface area contributed by atoms with Crippen LogP contribution in [0.25, 0.3) is 0 Å². The summed E-state index contributed by atoms with van der Waals surface area (Å²) in [5, 5.41) is 3.45. The summed E-state index contributed by atoms with van der Waals surface area (Å²) in [5.74, 6) is 1.15. The maximum Gasteiger partial charge on any atom is 0.0456 e.